The molecule has 10 heteroatoms. The van der Waals surface area contributed by atoms with Crippen molar-refractivity contribution < 1.29 is 8.42 Å². The molecular weight excluding hydrogens is 504 g/mol. The van der Waals surface area contributed by atoms with E-state index in [1.54, 1.807) is 24.5 Å². The van der Waals surface area contributed by atoms with Crippen LogP contribution in [0.3, 0.4) is 0 Å². The van der Waals surface area contributed by atoms with Crippen molar-refractivity contribution in [1.82, 2.24) is 19.9 Å². The van der Waals surface area contributed by atoms with E-state index < -0.39 is 10.0 Å². The molecule has 2 N–H and O–H groups in total. The van der Waals surface area contributed by atoms with E-state index in [2.05, 4.69) is 55.5 Å². The van der Waals surface area contributed by atoms with Crippen LogP contribution in [-0.2, 0) is 16.6 Å². The van der Waals surface area contributed by atoms with Crippen molar-refractivity contribution in [3.8, 4) is 0 Å². The minimum absolute atomic E-state index is 0.162. The zero-order valence-electron chi connectivity index (χ0n) is 20.8. The van der Waals surface area contributed by atoms with Crippen molar-refractivity contribution in [2.45, 2.75) is 32.5 Å². The molecular formula is C27H28N6O2S2. The Balaban J connectivity index is 1.58. The highest BCUT2D eigenvalue weighted by molar-refractivity contribution is 7.92. The number of thiocarbonyl (C=S) groups is 1. The normalized spacial score (nSPS) is 17.6. The van der Waals surface area contributed by atoms with Crippen LogP contribution >= 0.6 is 12.2 Å². The molecule has 190 valence electrons. The largest absolute Gasteiger partial charge is 0.351 e. The summed E-state index contributed by atoms with van der Waals surface area (Å²) in [5.41, 5.74) is 6.80. The topological polar surface area (TPSA) is 92.2 Å². The summed E-state index contributed by atoms with van der Waals surface area (Å²) in [7, 11) is -3.37. The Labute approximate surface area is 222 Å². The van der Waals surface area contributed by atoms with Crippen LogP contribution in [0.4, 0.5) is 11.4 Å². The molecule has 37 heavy (non-hydrogen) atoms. The number of benzene rings is 1. The fraction of sp³-hybridized carbons (Fsp3) is 0.222. The lowest BCUT2D eigenvalue weighted by molar-refractivity contribution is 0.563. The molecule has 1 aliphatic heterocycles. The van der Waals surface area contributed by atoms with Crippen LogP contribution in [0.1, 0.15) is 40.3 Å². The molecule has 2 atom stereocenters. The van der Waals surface area contributed by atoms with Crippen molar-refractivity contribution in [2.75, 3.05) is 15.9 Å². The standard InChI is InChI=1S/C27H28N6O2S2/c1-18-15-23(19(2)32(18)17-20-7-6-13-28-16-20)26-25(24-8-4-5-14-29-24)30-27(36)33(26)22-11-9-21(10-12-22)31-37(3,34)35/h4-16,25-26,31H,17H2,1-3H3,(H,30,36). The minimum atomic E-state index is -3.37. The summed E-state index contributed by atoms with van der Waals surface area (Å²) in [5, 5.41) is 4.07. The van der Waals surface area contributed by atoms with E-state index in [9.17, 15) is 8.42 Å². The van der Waals surface area contributed by atoms with E-state index in [0.717, 1.165) is 46.7 Å². The molecule has 0 saturated carbocycles. The summed E-state index contributed by atoms with van der Waals surface area (Å²) >= 11 is 5.85. The Kier molecular flexibility index (Phi) is 6.70. The van der Waals surface area contributed by atoms with Gasteiger partial charge >= 0.3 is 0 Å². The van der Waals surface area contributed by atoms with Gasteiger partial charge in [0.1, 0.15) is 0 Å². The maximum absolute atomic E-state index is 11.7. The third-order valence-corrected chi connectivity index (χ3v) is 7.46. The van der Waals surface area contributed by atoms with E-state index >= 15 is 0 Å². The fourth-order valence-electron chi connectivity index (χ4n) is 4.90. The molecule has 1 fully saturated rings. The average Bonchev–Trinajstić information content (AvgIpc) is 3.36. The molecule has 1 aliphatic rings. The maximum Gasteiger partial charge on any atom is 0.229 e. The van der Waals surface area contributed by atoms with Gasteiger partial charge in [0.2, 0.25) is 10.0 Å². The predicted molar refractivity (Wildman–Crippen MR) is 150 cm³/mol. The SMILES string of the molecule is Cc1cc(C2C(c3ccccn3)NC(=S)N2c2ccc(NS(C)(=O)=O)cc2)c(C)n1Cc1cccnc1. The van der Waals surface area contributed by atoms with Gasteiger partial charge in [0.15, 0.2) is 5.11 Å². The monoisotopic (exact) mass is 532 g/mol. The summed E-state index contributed by atoms with van der Waals surface area (Å²) in [6.45, 7) is 4.96. The maximum atomic E-state index is 11.7. The number of anilines is 2. The molecule has 0 spiro atoms. The molecule has 0 aliphatic carbocycles. The van der Waals surface area contributed by atoms with Crippen LogP contribution in [-0.4, -0.2) is 34.3 Å². The van der Waals surface area contributed by atoms with Gasteiger partial charge in [0.25, 0.3) is 0 Å². The molecule has 4 aromatic rings. The van der Waals surface area contributed by atoms with Gasteiger partial charge in [-0.2, -0.15) is 0 Å². The van der Waals surface area contributed by atoms with Gasteiger partial charge in [-0.15, -0.1) is 0 Å². The highest BCUT2D eigenvalue weighted by Gasteiger charge is 2.42. The van der Waals surface area contributed by atoms with Crippen LogP contribution in [0.25, 0.3) is 0 Å². The molecule has 8 nitrogen and oxygen atoms in total. The molecule has 3 aromatic heterocycles. The molecule has 5 rings (SSSR count). The molecule has 0 radical (unpaired) electrons. The van der Waals surface area contributed by atoms with E-state index in [0.29, 0.717) is 10.8 Å². The first-order valence-electron chi connectivity index (χ1n) is 11.9. The van der Waals surface area contributed by atoms with Gasteiger partial charge in [-0.25, -0.2) is 8.42 Å². The van der Waals surface area contributed by atoms with Crippen molar-refractivity contribution in [3.63, 3.8) is 0 Å². The average molecular weight is 533 g/mol. The van der Waals surface area contributed by atoms with Crippen molar-refractivity contribution in [2.24, 2.45) is 0 Å². The third-order valence-electron chi connectivity index (χ3n) is 6.54. The molecule has 0 bridgehead atoms. The van der Waals surface area contributed by atoms with Gasteiger partial charge in [-0.3, -0.25) is 14.7 Å². The highest BCUT2D eigenvalue weighted by atomic mass is 32.2. The zero-order chi connectivity index (χ0) is 26.2. The first-order valence-corrected chi connectivity index (χ1v) is 14.2. The smallest absolute Gasteiger partial charge is 0.229 e. The summed E-state index contributed by atoms with van der Waals surface area (Å²) in [6.07, 6.45) is 6.59. The number of nitrogens with one attached hydrogen (secondary N) is 2. The molecule has 2 unspecified atom stereocenters. The van der Waals surface area contributed by atoms with Crippen molar-refractivity contribution >= 4 is 38.7 Å². The number of pyridine rings is 2. The lowest BCUT2D eigenvalue weighted by Gasteiger charge is -2.28. The predicted octanol–water partition coefficient (Wildman–Crippen LogP) is 4.49. The van der Waals surface area contributed by atoms with Gasteiger partial charge in [-0.05, 0) is 85.7 Å². The summed E-state index contributed by atoms with van der Waals surface area (Å²) in [4.78, 5) is 11.0. The Bertz CT molecular complexity index is 1520. The Morgan fingerprint density at radius 2 is 1.84 bits per heavy atom. The fourth-order valence-corrected chi connectivity index (χ4v) is 5.81. The van der Waals surface area contributed by atoms with E-state index in [1.807, 2.05) is 42.6 Å². The highest BCUT2D eigenvalue weighted by Crippen LogP contribution is 2.43. The zero-order valence-corrected chi connectivity index (χ0v) is 22.4. The number of hydrogen-bond donors (Lipinski definition) is 2. The molecule has 0 amide bonds. The summed E-state index contributed by atoms with van der Waals surface area (Å²) in [5.74, 6) is 0. The van der Waals surface area contributed by atoms with Gasteiger partial charge in [0, 0.05) is 47.9 Å². The van der Waals surface area contributed by atoms with Crippen LogP contribution in [0.15, 0.2) is 79.3 Å². The quantitative estimate of drug-likeness (QED) is 0.339. The number of rotatable bonds is 7. The van der Waals surface area contributed by atoms with Crippen molar-refractivity contribution in [1.29, 1.82) is 0 Å². The molecule has 4 heterocycles. The second kappa shape index (κ2) is 9.95. The van der Waals surface area contributed by atoms with E-state index in [1.165, 1.54) is 0 Å². The van der Waals surface area contributed by atoms with E-state index in [-0.39, 0.29) is 12.1 Å². The summed E-state index contributed by atoms with van der Waals surface area (Å²) < 4.78 is 28.1. The first kappa shape index (κ1) is 24.9. The number of sulfonamides is 1. The van der Waals surface area contributed by atoms with Crippen LogP contribution < -0.4 is 14.9 Å². The molecule has 1 saturated heterocycles. The second-order valence-electron chi connectivity index (χ2n) is 9.19. The first-order chi connectivity index (χ1) is 17.7. The molecule has 1 aromatic carbocycles. The van der Waals surface area contributed by atoms with Gasteiger partial charge in [-0.1, -0.05) is 12.1 Å². The number of aromatic nitrogens is 3. The van der Waals surface area contributed by atoms with Gasteiger partial charge < -0.3 is 14.8 Å². The lowest BCUT2D eigenvalue weighted by Crippen LogP contribution is -2.29. The Morgan fingerprint density at radius 1 is 1.05 bits per heavy atom. The van der Waals surface area contributed by atoms with Crippen LogP contribution in [0.5, 0.6) is 0 Å². The number of aryl methyl sites for hydroxylation is 1. The number of hydrogen-bond acceptors (Lipinski definition) is 5. The second-order valence-corrected chi connectivity index (χ2v) is 11.3. The van der Waals surface area contributed by atoms with Crippen LogP contribution in [0, 0.1) is 13.8 Å². The number of nitrogens with zero attached hydrogens (tertiary/aromatic N) is 4. The Hall–Kier alpha value is -3.76. The van der Waals surface area contributed by atoms with Crippen LogP contribution in [0.2, 0.25) is 0 Å². The Morgan fingerprint density at radius 3 is 2.49 bits per heavy atom. The van der Waals surface area contributed by atoms with Crippen molar-refractivity contribution in [3.05, 3.63) is 107 Å². The van der Waals surface area contributed by atoms with Gasteiger partial charge in [0.05, 0.1) is 24.0 Å². The minimum Gasteiger partial charge on any atom is -0.351 e. The van der Waals surface area contributed by atoms with E-state index in [4.69, 9.17) is 12.2 Å². The third kappa shape index (κ3) is 5.21. The lowest BCUT2D eigenvalue weighted by atomic mass is 9.96. The summed E-state index contributed by atoms with van der Waals surface area (Å²) in [6, 6.07) is 19.0.